The first kappa shape index (κ1) is 13.6. The molecule has 0 aliphatic heterocycles. The van der Waals surface area contributed by atoms with E-state index in [1.54, 1.807) is 6.07 Å². The number of carboxylic acid groups (broad SMARTS) is 1. The molecule has 19 heavy (non-hydrogen) atoms. The smallest absolute Gasteiger partial charge is 0.311 e. The van der Waals surface area contributed by atoms with Gasteiger partial charge in [0.2, 0.25) is 0 Å². The summed E-state index contributed by atoms with van der Waals surface area (Å²) in [6.45, 7) is 1.98. The van der Waals surface area contributed by atoms with E-state index in [2.05, 4.69) is 15.5 Å². The van der Waals surface area contributed by atoms with Crippen LogP contribution in [-0.2, 0) is 4.79 Å². The van der Waals surface area contributed by atoms with Crippen LogP contribution in [-0.4, -0.2) is 33.7 Å². The van der Waals surface area contributed by atoms with Crippen LogP contribution in [0.5, 0.6) is 0 Å². The molecule has 1 heterocycles. The van der Waals surface area contributed by atoms with Crippen LogP contribution >= 0.6 is 0 Å². The molecule has 3 N–H and O–H groups in total. The van der Waals surface area contributed by atoms with Crippen molar-refractivity contribution in [3.63, 3.8) is 0 Å². The van der Waals surface area contributed by atoms with E-state index in [0.717, 1.165) is 25.0 Å². The number of carbonyl (C=O) groups is 2. The Labute approximate surface area is 111 Å². The van der Waals surface area contributed by atoms with Crippen LogP contribution < -0.4 is 5.32 Å². The van der Waals surface area contributed by atoms with Crippen molar-refractivity contribution in [1.82, 2.24) is 15.5 Å². The van der Waals surface area contributed by atoms with E-state index < -0.39 is 11.4 Å². The van der Waals surface area contributed by atoms with Crippen LogP contribution in [0.3, 0.4) is 0 Å². The fraction of sp³-hybridized carbons (Fsp3) is 0.615. The summed E-state index contributed by atoms with van der Waals surface area (Å²) in [4.78, 5) is 23.3. The van der Waals surface area contributed by atoms with Gasteiger partial charge in [0, 0.05) is 12.2 Å². The van der Waals surface area contributed by atoms with Crippen molar-refractivity contribution in [2.45, 2.75) is 39.0 Å². The van der Waals surface area contributed by atoms with Crippen LogP contribution in [0, 0.1) is 12.3 Å². The number of hydrogen-bond donors (Lipinski definition) is 3. The largest absolute Gasteiger partial charge is 0.481 e. The van der Waals surface area contributed by atoms with Gasteiger partial charge >= 0.3 is 5.97 Å². The number of aryl methyl sites for hydroxylation is 1. The maximum Gasteiger partial charge on any atom is 0.311 e. The van der Waals surface area contributed by atoms with Gasteiger partial charge < -0.3 is 10.4 Å². The average Bonchev–Trinajstić information content (AvgIpc) is 2.83. The van der Waals surface area contributed by atoms with Crippen LogP contribution in [0.2, 0.25) is 0 Å². The number of rotatable bonds is 4. The molecular weight excluding hydrogens is 246 g/mol. The van der Waals surface area contributed by atoms with Crippen molar-refractivity contribution < 1.29 is 14.7 Å². The molecule has 0 spiro atoms. The molecule has 0 saturated heterocycles. The van der Waals surface area contributed by atoms with Crippen molar-refractivity contribution in [2.24, 2.45) is 5.41 Å². The highest BCUT2D eigenvalue weighted by molar-refractivity contribution is 5.92. The third kappa shape index (κ3) is 2.94. The SMILES string of the molecule is Cc1cc(C(=O)NCC2(C(=O)O)CCCCC2)n[nH]1. The number of nitrogens with one attached hydrogen (secondary N) is 2. The lowest BCUT2D eigenvalue weighted by Gasteiger charge is -2.33. The van der Waals surface area contributed by atoms with Crippen molar-refractivity contribution in [3.05, 3.63) is 17.5 Å². The second-order valence-corrected chi connectivity index (χ2v) is 5.27. The highest BCUT2D eigenvalue weighted by atomic mass is 16.4. The lowest BCUT2D eigenvalue weighted by molar-refractivity contribution is -0.150. The quantitative estimate of drug-likeness (QED) is 0.768. The molecule has 0 bridgehead atoms. The third-order valence-corrected chi connectivity index (χ3v) is 3.79. The number of aromatic amines is 1. The fourth-order valence-corrected chi connectivity index (χ4v) is 2.57. The van der Waals surface area contributed by atoms with Gasteiger partial charge in [-0.3, -0.25) is 14.7 Å². The lowest BCUT2D eigenvalue weighted by Crippen LogP contribution is -2.44. The molecular formula is C13H19N3O3. The second-order valence-electron chi connectivity index (χ2n) is 5.27. The maximum absolute atomic E-state index is 11.9. The molecule has 6 nitrogen and oxygen atoms in total. The summed E-state index contributed by atoms with van der Waals surface area (Å²) in [6, 6.07) is 1.64. The number of nitrogens with zero attached hydrogens (tertiary/aromatic N) is 1. The molecule has 0 radical (unpaired) electrons. The number of aliphatic carboxylic acids is 1. The van der Waals surface area contributed by atoms with E-state index >= 15 is 0 Å². The molecule has 1 fully saturated rings. The van der Waals surface area contributed by atoms with E-state index in [1.165, 1.54) is 0 Å². The van der Waals surface area contributed by atoms with Crippen molar-refractivity contribution >= 4 is 11.9 Å². The minimum atomic E-state index is -0.814. The number of carboxylic acids is 1. The molecule has 1 aliphatic carbocycles. The van der Waals surface area contributed by atoms with Crippen LogP contribution in [0.4, 0.5) is 0 Å². The van der Waals surface area contributed by atoms with Gasteiger partial charge in [-0.1, -0.05) is 19.3 Å². The number of H-pyrrole nitrogens is 1. The fourth-order valence-electron chi connectivity index (χ4n) is 2.57. The molecule has 1 aliphatic rings. The monoisotopic (exact) mass is 265 g/mol. The molecule has 1 amide bonds. The predicted octanol–water partition coefficient (Wildman–Crippen LogP) is 1.48. The minimum Gasteiger partial charge on any atom is -0.481 e. The Morgan fingerprint density at radius 3 is 2.63 bits per heavy atom. The Kier molecular flexibility index (Phi) is 3.87. The van der Waals surface area contributed by atoms with Crippen molar-refractivity contribution in [1.29, 1.82) is 0 Å². The summed E-state index contributed by atoms with van der Waals surface area (Å²) in [5.74, 6) is -1.14. The Hall–Kier alpha value is -1.85. The predicted molar refractivity (Wildman–Crippen MR) is 68.8 cm³/mol. The number of carbonyl (C=O) groups excluding carboxylic acids is 1. The average molecular weight is 265 g/mol. The van der Waals surface area contributed by atoms with Gasteiger partial charge in [-0.2, -0.15) is 5.10 Å². The number of hydrogen-bond acceptors (Lipinski definition) is 3. The molecule has 2 rings (SSSR count). The van der Waals surface area contributed by atoms with Gasteiger partial charge in [-0.15, -0.1) is 0 Å². The molecule has 1 aromatic rings. The van der Waals surface area contributed by atoms with Crippen LogP contribution in [0.25, 0.3) is 0 Å². The van der Waals surface area contributed by atoms with Crippen molar-refractivity contribution in [3.8, 4) is 0 Å². The first-order chi connectivity index (χ1) is 9.03. The molecule has 0 unspecified atom stereocenters. The summed E-state index contributed by atoms with van der Waals surface area (Å²) >= 11 is 0. The zero-order chi connectivity index (χ0) is 13.9. The number of aromatic nitrogens is 2. The van der Waals surface area contributed by atoms with Gasteiger partial charge in [0.1, 0.15) is 5.69 Å². The first-order valence-corrected chi connectivity index (χ1v) is 6.57. The highest BCUT2D eigenvalue weighted by Gasteiger charge is 2.39. The van der Waals surface area contributed by atoms with Gasteiger partial charge in [0.15, 0.2) is 0 Å². The third-order valence-electron chi connectivity index (χ3n) is 3.79. The molecule has 1 saturated carbocycles. The summed E-state index contributed by atoms with van der Waals surface area (Å²) < 4.78 is 0. The Morgan fingerprint density at radius 2 is 2.11 bits per heavy atom. The normalized spacial score (nSPS) is 17.9. The molecule has 0 atom stereocenters. The lowest BCUT2D eigenvalue weighted by atomic mass is 9.74. The van der Waals surface area contributed by atoms with Crippen molar-refractivity contribution in [2.75, 3.05) is 6.54 Å². The van der Waals surface area contributed by atoms with Gasteiger partial charge in [-0.05, 0) is 25.8 Å². The molecule has 6 heteroatoms. The summed E-state index contributed by atoms with van der Waals surface area (Å²) in [6.07, 6.45) is 4.14. The Balaban J connectivity index is 1.99. The standard InChI is InChI=1S/C13H19N3O3/c1-9-7-10(16-15-9)11(17)14-8-13(12(18)19)5-3-2-4-6-13/h7H,2-6,8H2,1H3,(H,14,17)(H,15,16)(H,18,19). The maximum atomic E-state index is 11.9. The van der Waals surface area contributed by atoms with E-state index in [4.69, 9.17) is 0 Å². The molecule has 0 aromatic carbocycles. The topological polar surface area (TPSA) is 95.1 Å². The van der Waals surface area contributed by atoms with E-state index in [-0.39, 0.29) is 12.5 Å². The number of amides is 1. The minimum absolute atomic E-state index is 0.174. The summed E-state index contributed by atoms with van der Waals surface area (Å²) in [5.41, 5.74) is 0.295. The molecule has 1 aromatic heterocycles. The Bertz CT molecular complexity index is 475. The van der Waals surface area contributed by atoms with Gasteiger partial charge in [-0.25, -0.2) is 0 Å². The summed E-state index contributed by atoms with van der Waals surface area (Å²) in [7, 11) is 0. The zero-order valence-electron chi connectivity index (χ0n) is 11.0. The highest BCUT2D eigenvalue weighted by Crippen LogP contribution is 2.36. The van der Waals surface area contributed by atoms with Crippen LogP contribution in [0.15, 0.2) is 6.07 Å². The van der Waals surface area contributed by atoms with Crippen LogP contribution in [0.1, 0.15) is 48.3 Å². The van der Waals surface area contributed by atoms with E-state index in [1.807, 2.05) is 6.92 Å². The Morgan fingerprint density at radius 1 is 1.42 bits per heavy atom. The zero-order valence-corrected chi connectivity index (χ0v) is 11.0. The van der Waals surface area contributed by atoms with E-state index in [0.29, 0.717) is 18.5 Å². The molecule has 104 valence electrons. The van der Waals surface area contributed by atoms with E-state index in [9.17, 15) is 14.7 Å². The van der Waals surface area contributed by atoms with Gasteiger partial charge in [0.05, 0.1) is 5.41 Å². The first-order valence-electron chi connectivity index (χ1n) is 6.57. The van der Waals surface area contributed by atoms with Gasteiger partial charge in [0.25, 0.3) is 5.91 Å². The second kappa shape index (κ2) is 5.42. The summed E-state index contributed by atoms with van der Waals surface area (Å²) in [5, 5.41) is 18.7.